The highest BCUT2D eigenvalue weighted by Crippen LogP contribution is 2.32. The molecule has 0 unspecified atom stereocenters. The van der Waals surface area contributed by atoms with E-state index in [0.29, 0.717) is 21.8 Å². The molecular formula is C23H18ClF3N6O2. The Balaban J connectivity index is 1.85. The summed E-state index contributed by atoms with van der Waals surface area (Å²) in [6.45, 7) is 3.32. The first kappa shape index (κ1) is 24.1. The summed E-state index contributed by atoms with van der Waals surface area (Å²) >= 11 is 6.03. The van der Waals surface area contributed by atoms with Crippen LogP contribution >= 0.6 is 11.6 Å². The van der Waals surface area contributed by atoms with Gasteiger partial charge in [-0.3, -0.25) is 4.98 Å². The number of esters is 1. The van der Waals surface area contributed by atoms with Crippen LogP contribution in [0.2, 0.25) is 5.02 Å². The molecule has 0 saturated heterocycles. The molecule has 0 aliphatic carbocycles. The third kappa shape index (κ3) is 5.40. The zero-order valence-electron chi connectivity index (χ0n) is 18.5. The minimum atomic E-state index is -4.64. The molecule has 0 spiro atoms. The summed E-state index contributed by atoms with van der Waals surface area (Å²) in [6.07, 6.45) is -0.456. The Kier molecular flexibility index (Phi) is 6.70. The lowest BCUT2D eigenvalue weighted by Gasteiger charge is -2.13. The molecule has 0 saturated carbocycles. The lowest BCUT2D eigenvalue weighted by Crippen LogP contribution is -2.11. The van der Waals surface area contributed by atoms with Crippen LogP contribution in [0.3, 0.4) is 0 Å². The average Bonchev–Trinajstić information content (AvgIpc) is 3.21. The molecule has 0 aliphatic rings. The van der Waals surface area contributed by atoms with Crippen LogP contribution in [0.15, 0.2) is 55.0 Å². The number of pyridine rings is 1. The van der Waals surface area contributed by atoms with E-state index in [9.17, 15) is 18.0 Å². The smallest absolute Gasteiger partial charge is 0.435 e. The number of carbonyl (C=O) groups is 1. The molecule has 3 aromatic heterocycles. The van der Waals surface area contributed by atoms with Gasteiger partial charge in [0.05, 0.1) is 12.2 Å². The molecule has 4 aromatic rings. The van der Waals surface area contributed by atoms with Gasteiger partial charge >= 0.3 is 12.1 Å². The zero-order chi connectivity index (χ0) is 25.2. The standard InChI is InChI=1S/C23H18ClF3N6O2/c1-3-35-21(34)15-8-14(10-28-11-15)18-12-29-22(30-17-6-4-5-16(24)9-17)31-20(18)33-13(2)7-19(32-33)23(25,26)27/h4-12H,3H2,1-2H3,(H,29,30,31). The van der Waals surface area contributed by atoms with E-state index >= 15 is 0 Å². The van der Waals surface area contributed by atoms with E-state index in [0.717, 1.165) is 10.7 Å². The van der Waals surface area contributed by atoms with Crippen LogP contribution in [0.25, 0.3) is 16.9 Å². The van der Waals surface area contributed by atoms with E-state index < -0.39 is 17.8 Å². The number of nitrogens with zero attached hydrogens (tertiary/aromatic N) is 5. The number of alkyl halides is 3. The van der Waals surface area contributed by atoms with E-state index in [1.807, 2.05) is 0 Å². The van der Waals surface area contributed by atoms with Gasteiger partial charge in [-0.15, -0.1) is 0 Å². The van der Waals surface area contributed by atoms with Crippen LogP contribution in [0.5, 0.6) is 0 Å². The number of nitrogens with one attached hydrogen (secondary N) is 1. The number of hydrogen-bond acceptors (Lipinski definition) is 7. The molecule has 0 radical (unpaired) electrons. The molecular weight excluding hydrogens is 485 g/mol. The maximum absolute atomic E-state index is 13.3. The first-order valence-corrected chi connectivity index (χ1v) is 10.7. The number of hydrogen-bond donors (Lipinski definition) is 1. The molecule has 0 amide bonds. The first-order chi connectivity index (χ1) is 16.7. The average molecular weight is 503 g/mol. The van der Waals surface area contributed by atoms with Crippen molar-refractivity contribution in [3.63, 3.8) is 0 Å². The van der Waals surface area contributed by atoms with Gasteiger partial charge < -0.3 is 10.1 Å². The van der Waals surface area contributed by atoms with Gasteiger partial charge in [0.15, 0.2) is 11.5 Å². The highest BCUT2D eigenvalue weighted by atomic mass is 35.5. The Labute approximate surface area is 202 Å². The van der Waals surface area contributed by atoms with Crippen LogP contribution in [0.4, 0.5) is 24.8 Å². The highest BCUT2D eigenvalue weighted by Gasteiger charge is 2.35. The number of halogens is 4. The van der Waals surface area contributed by atoms with Crippen LogP contribution in [-0.4, -0.2) is 37.3 Å². The highest BCUT2D eigenvalue weighted by molar-refractivity contribution is 6.30. The third-order valence-corrected chi connectivity index (χ3v) is 5.02. The summed E-state index contributed by atoms with van der Waals surface area (Å²) < 4.78 is 46.1. The Bertz CT molecular complexity index is 1390. The molecule has 1 N–H and O–H groups in total. The Hall–Kier alpha value is -3.99. The van der Waals surface area contributed by atoms with Gasteiger partial charge in [-0.2, -0.15) is 23.3 Å². The number of rotatable bonds is 6. The molecule has 8 nitrogen and oxygen atoms in total. The topological polar surface area (TPSA) is 94.8 Å². The number of aryl methyl sites for hydroxylation is 1. The maximum atomic E-state index is 13.3. The minimum Gasteiger partial charge on any atom is -0.462 e. The Morgan fingerprint density at radius 1 is 1.17 bits per heavy atom. The molecule has 180 valence electrons. The number of benzene rings is 1. The van der Waals surface area contributed by atoms with Crippen molar-refractivity contribution < 1.29 is 22.7 Å². The van der Waals surface area contributed by atoms with Crippen LogP contribution < -0.4 is 5.32 Å². The predicted molar refractivity (Wildman–Crippen MR) is 123 cm³/mol. The van der Waals surface area contributed by atoms with Gasteiger partial charge in [0.2, 0.25) is 5.95 Å². The number of carbonyl (C=O) groups excluding carboxylic acids is 1. The van der Waals surface area contributed by atoms with Gasteiger partial charge in [-0.1, -0.05) is 17.7 Å². The number of aromatic nitrogens is 5. The number of anilines is 2. The summed E-state index contributed by atoms with van der Waals surface area (Å²) in [5.41, 5.74) is 0.575. The van der Waals surface area contributed by atoms with Gasteiger partial charge in [0, 0.05) is 46.1 Å². The van der Waals surface area contributed by atoms with Crippen molar-refractivity contribution in [3.8, 4) is 16.9 Å². The molecule has 0 bridgehead atoms. The summed E-state index contributed by atoms with van der Waals surface area (Å²) in [5.74, 6) is -0.428. The second kappa shape index (κ2) is 9.71. The van der Waals surface area contributed by atoms with Crippen molar-refractivity contribution in [1.82, 2.24) is 24.7 Å². The van der Waals surface area contributed by atoms with Crippen LogP contribution in [0, 0.1) is 6.92 Å². The van der Waals surface area contributed by atoms with Crippen LogP contribution in [0.1, 0.15) is 28.7 Å². The van der Waals surface area contributed by atoms with Crippen molar-refractivity contribution in [2.45, 2.75) is 20.0 Å². The van der Waals surface area contributed by atoms with Crippen molar-refractivity contribution in [2.75, 3.05) is 11.9 Å². The van der Waals surface area contributed by atoms with E-state index in [1.165, 1.54) is 31.6 Å². The summed E-state index contributed by atoms with van der Waals surface area (Å²) in [4.78, 5) is 25.0. The predicted octanol–water partition coefficient (Wildman–Crippen LogP) is 5.63. The second-order valence-corrected chi connectivity index (χ2v) is 7.77. The molecule has 4 rings (SSSR count). The van der Waals surface area contributed by atoms with E-state index in [4.69, 9.17) is 16.3 Å². The monoisotopic (exact) mass is 502 g/mol. The van der Waals surface area contributed by atoms with Crippen molar-refractivity contribution >= 4 is 29.2 Å². The fraction of sp³-hybridized carbons (Fsp3) is 0.174. The summed E-state index contributed by atoms with van der Waals surface area (Å²) in [7, 11) is 0. The van der Waals surface area contributed by atoms with Gasteiger partial charge in [-0.25, -0.2) is 14.5 Å². The minimum absolute atomic E-state index is 0.0559. The first-order valence-electron chi connectivity index (χ1n) is 10.3. The molecule has 0 fully saturated rings. The maximum Gasteiger partial charge on any atom is 0.435 e. The van der Waals surface area contributed by atoms with Crippen molar-refractivity contribution in [1.29, 1.82) is 0 Å². The fourth-order valence-electron chi connectivity index (χ4n) is 3.23. The Morgan fingerprint density at radius 3 is 2.66 bits per heavy atom. The van der Waals surface area contributed by atoms with Gasteiger partial charge in [0.1, 0.15) is 0 Å². The van der Waals surface area contributed by atoms with E-state index in [-0.39, 0.29) is 29.6 Å². The molecule has 35 heavy (non-hydrogen) atoms. The number of ether oxygens (including phenoxy) is 1. The molecule has 0 aliphatic heterocycles. The van der Waals surface area contributed by atoms with Gasteiger partial charge in [-0.05, 0) is 44.2 Å². The fourth-order valence-corrected chi connectivity index (χ4v) is 3.42. The molecule has 3 heterocycles. The van der Waals surface area contributed by atoms with Gasteiger partial charge in [0.25, 0.3) is 0 Å². The molecule has 12 heteroatoms. The lowest BCUT2D eigenvalue weighted by molar-refractivity contribution is -0.141. The quantitative estimate of drug-likeness (QED) is 0.342. The van der Waals surface area contributed by atoms with Crippen LogP contribution in [-0.2, 0) is 10.9 Å². The molecule has 0 atom stereocenters. The summed E-state index contributed by atoms with van der Waals surface area (Å²) in [5, 5.41) is 7.18. The van der Waals surface area contributed by atoms with E-state index in [2.05, 4.69) is 25.4 Å². The zero-order valence-corrected chi connectivity index (χ0v) is 19.2. The largest absolute Gasteiger partial charge is 0.462 e. The van der Waals surface area contributed by atoms with E-state index in [1.54, 1.807) is 31.2 Å². The second-order valence-electron chi connectivity index (χ2n) is 7.33. The lowest BCUT2D eigenvalue weighted by atomic mass is 10.1. The SMILES string of the molecule is CCOC(=O)c1cncc(-c2cnc(Nc3cccc(Cl)c3)nc2-n2nc(C(F)(F)F)cc2C)c1. The summed E-state index contributed by atoms with van der Waals surface area (Å²) in [6, 6.07) is 9.21. The van der Waals surface area contributed by atoms with Crippen molar-refractivity contribution in [2.24, 2.45) is 0 Å². The Morgan fingerprint density at radius 2 is 1.97 bits per heavy atom. The molecule has 1 aromatic carbocycles. The third-order valence-electron chi connectivity index (χ3n) is 4.79. The normalized spacial score (nSPS) is 11.4. The van der Waals surface area contributed by atoms with Crippen molar-refractivity contribution in [3.05, 3.63) is 77.0 Å².